The Bertz CT molecular complexity index is 376. The standard InChI is InChI=1S/C14H22F2N2O/c1-4-17-10-11-8-12(15)14(13(16)9-11)18(5-2)6-7-19-3/h8-9,17H,4-7,10H2,1-3H3. The van der Waals surface area contributed by atoms with Crippen LogP contribution in [0.4, 0.5) is 14.5 Å². The first-order valence-corrected chi connectivity index (χ1v) is 6.56. The third kappa shape index (κ3) is 4.44. The van der Waals surface area contributed by atoms with Crippen LogP contribution in [0.3, 0.4) is 0 Å². The first-order chi connectivity index (χ1) is 9.13. The van der Waals surface area contributed by atoms with E-state index in [0.717, 1.165) is 6.54 Å². The van der Waals surface area contributed by atoms with Gasteiger partial charge in [-0.3, -0.25) is 0 Å². The summed E-state index contributed by atoms with van der Waals surface area (Å²) in [6.45, 7) is 6.48. The molecular weight excluding hydrogens is 250 g/mol. The Morgan fingerprint density at radius 1 is 1.21 bits per heavy atom. The van der Waals surface area contributed by atoms with E-state index in [1.807, 2.05) is 13.8 Å². The largest absolute Gasteiger partial charge is 0.383 e. The molecule has 0 unspecified atom stereocenters. The van der Waals surface area contributed by atoms with Gasteiger partial charge < -0.3 is 15.0 Å². The molecule has 1 N–H and O–H groups in total. The Morgan fingerprint density at radius 3 is 2.32 bits per heavy atom. The van der Waals surface area contributed by atoms with Gasteiger partial charge in [0, 0.05) is 26.7 Å². The Balaban J connectivity index is 2.93. The van der Waals surface area contributed by atoms with Crippen molar-refractivity contribution in [2.24, 2.45) is 0 Å². The van der Waals surface area contributed by atoms with Crippen molar-refractivity contribution in [3.63, 3.8) is 0 Å². The van der Waals surface area contributed by atoms with Crippen LogP contribution in [0.5, 0.6) is 0 Å². The number of methoxy groups -OCH3 is 1. The molecule has 1 aromatic carbocycles. The van der Waals surface area contributed by atoms with Gasteiger partial charge in [0.05, 0.1) is 6.61 Å². The Hall–Kier alpha value is -1.20. The number of likely N-dealkylation sites (N-methyl/N-ethyl adjacent to an activating group) is 1. The molecule has 0 heterocycles. The van der Waals surface area contributed by atoms with Gasteiger partial charge in [0.25, 0.3) is 0 Å². The second-order valence-electron chi connectivity index (χ2n) is 4.26. The minimum Gasteiger partial charge on any atom is -0.383 e. The SMILES string of the molecule is CCNCc1cc(F)c(N(CC)CCOC)c(F)c1. The van der Waals surface area contributed by atoms with Crippen molar-refractivity contribution in [3.05, 3.63) is 29.3 Å². The van der Waals surface area contributed by atoms with Crippen LogP contribution in [0.1, 0.15) is 19.4 Å². The zero-order chi connectivity index (χ0) is 14.3. The Kier molecular flexibility index (Phi) is 6.73. The number of nitrogens with one attached hydrogen (secondary N) is 1. The molecule has 1 aromatic rings. The summed E-state index contributed by atoms with van der Waals surface area (Å²) in [6, 6.07) is 2.77. The molecule has 5 heteroatoms. The number of hydrogen-bond donors (Lipinski definition) is 1. The van der Waals surface area contributed by atoms with Crippen molar-refractivity contribution in [2.75, 3.05) is 38.3 Å². The van der Waals surface area contributed by atoms with Crippen LogP contribution in [-0.4, -0.2) is 33.4 Å². The normalized spacial score (nSPS) is 10.8. The van der Waals surface area contributed by atoms with Gasteiger partial charge in [-0.25, -0.2) is 8.78 Å². The lowest BCUT2D eigenvalue weighted by Gasteiger charge is -2.24. The lowest BCUT2D eigenvalue weighted by atomic mass is 10.1. The van der Waals surface area contributed by atoms with Gasteiger partial charge in [-0.05, 0) is 31.2 Å². The highest BCUT2D eigenvalue weighted by molar-refractivity contribution is 5.50. The number of hydrogen-bond acceptors (Lipinski definition) is 3. The van der Waals surface area contributed by atoms with Crippen LogP contribution in [-0.2, 0) is 11.3 Å². The molecule has 0 amide bonds. The molecule has 0 saturated carbocycles. The average molecular weight is 272 g/mol. The Labute approximate surface area is 113 Å². The number of ether oxygens (including phenoxy) is 1. The van der Waals surface area contributed by atoms with Gasteiger partial charge in [0.15, 0.2) is 0 Å². The maximum atomic E-state index is 14.1. The van der Waals surface area contributed by atoms with Gasteiger partial charge in [0.1, 0.15) is 17.3 Å². The molecule has 0 atom stereocenters. The fourth-order valence-corrected chi connectivity index (χ4v) is 1.92. The van der Waals surface area contributed by atoms with E-state index in [1.54, 1.807) is 12.0 Å². The zero-order valence-electron chi connectivity index (χ0n) is 11.8. The molecule has 3 nitrogen and oxygen atoms in total. The van der Waals surface area contributed by atoms with Crippen molar-refractivity contribution in [1.29, 1.82) is 0 Å². The van der Waals surface area contributed by atoms with Gasteiger partial charge in [-0.2, -0.15) is 0 Å². The molecule has 19 heavy (non-hydrogen) atoms. The van der Waals surface area contributed by atoms with E-state index in [2.05, 4.69) is 5.32 Å². The lowest BCUT2D eigenvalue weighted by Crippen LogP contribution is -2.29. The molecular formula is C14H22F2N2O. The zero-order valence-corrected chi connectivity index (χ0v) is 11.8. The van der Waals surface area contributed by atoms with Crippen molar-refractivity contribution < 1.29 is 13.5 Å². The third-order valence-electron chi connectivity index (χ3n) is 2.92. The van der Waals surface area contributed by atoms with Gasteiger partial charge in [-0.1, -0.05) is 6.92 Å². The summed E-state index contributed by atoms with van der Waals surface area (Å²) < 4.78 is 33.1. The number of anilines is 1. The maximum Gasteiger partial charge on any atom is 0.149 e. The first-order valence-electron chi connectivity index (χ1n) is 6.56. The predicted octanol–water partition coefficient (Wildman–Crippen LogP) is 2.55. The fourth-order valence-electron chi connectivity index (χ4n) is 1.92. The average Bonchev–Trinajstić information content (AvgIpc) is 2.39. The first kappa shape index (κ1) is 15.9. The van der Waals surface area contributed by atoms with Gasteiger partial charge >= 0.3 is 0 Å². The van der Waals surface area contributed by atoms with Crippen LogP contribution in [0, 0.1) is 11.6 Å². The van der Waals surface area contributed by atoms with Crippen molar-refractivity contribution in [1.82, 2.24) is 5.32 Å². The van der Waals surface area contributed by atoms with E-state index in [4.69, 9.17) is 4.74 Å². The van der Waals surface area contributed by atoms with Crippen molar-refractivity contribution in [2.45, 2.75) is 20.4 Å². The van der Waals surface area contributed by atoms with Crippen LogP contribution in [0.2, 0.25) is 0 Å². The van der Waals surface area contributed by atoms with E-state index in [-0.39, 0.29) is 5.69 Å². The molecule has 0 bridgehead atoms. The van der Waals surface area contributed by atoms with Gasteiger partial charge in [-0.15, -0.1) is 0 Å². The van der Waals surface area contributed by atoms with E-state index in [9.17, 15) is 8.78 Å². The van der Waals surface area contributed by atoms with E-state index in [1.165, 1.54) is 12.1 Å². The molecule has 0 aliphatic rings. The van der Waals surface area contributed by atoms with Crippen molar-refractivity contribution >= 4 is 5.69 Å². The fraction of sp³-hybridized carbons (Fsp3) is 0.571. The number of rotatable bonds is 8. The second kappa shape index (κ2) is 8.07. The van der Waals surface area contributed by atoms with Crippen molar-refractivity contribution in [3.8, 4) is 0 Å². The van der Waals surface area contributed by atoms with Gasteiger partial charge in [0.2, 0.25) is 0 Å². The van der Waals surface area contributed by atoms with Crippen LogP contribution < -0.4 is 10.2 Å². The minimum atomic E-state index is -0.522. The van der Waals surface area contributed by atoms with E-state index in [0.29, 0.717) is 31.8 Å². The summed E-state index contributed by atoms with van der Waals surface area (Å²) >= 11 is 0. The third-order valence-corrected chi connectivity index (χ3v) is 2.92. The summed E-state index contributed by atoms with van der Waals surface area (Å²) in [5.41, 5.74) is 0.642. The molecule has 108 valence electrons. The summed E-state index contributed by atoms with van der Waals surface area (Å²) in [5.74, 6) is -1.04. The number of benzene rings is 1. The summed E-state index contributed by atoms with van der Waals surface area (Å²) in [6.07, 6.45) is 0. The molecule has 0 spiro atoms. The molecule has 0 aliphatic heterocycles. The summed E-state index contributed by atoms with van der Waals surface area (Å²) in [4.78, 5) is 1.64. The highest BCUT2D eigenvalue weighted by Crippen LogP contribution is 2.24. The minimum absolute atomic E-state index is 0.0276. The molecule has 1 rings (SSSR count). The molecule has 0 saturated heterocycles. The quantitative estimate of drug-likeness (QED) is 0.787. The highest BCUT2D eigenvalue weighted by Gasteiger charge is 2.16. The van der Waals surface area contributed by atoms with E-state index >= 15 is 0 Å². The van der Waals surface area contributed by atoms with E-state index < -0.39 is 11.6 Å². The monoisotopic (exact) mass is 272 g/mol. The topological polar surface area (TPSA) is 24.5 Å². The smallest absolute Gasteiger partial charge is 0.149 e. The van der Waals surface area contributed by atoms with Crippen LogP contribution >= 0.6 is 0 Å². The number of halogens is 2. The Morgan fingerprint density at radius 2 is 1.84 bits per heavy atom. The lowest BCUT2D eigenvalue weighted by molar-refractivity contribution is 0.205. The predicted molar refractivity (Wildman–Crippen MR) is 73.5 cm³/mol. The highest BCUT2D eigenvalue weighted by atomic mass is 19.1. The maximum absolute atomic E-state index is 14.1. The second-order valence-corrected chi connectivity index (χ2v) is 4.26. The summed E-state index contributed by atoms with van der Waals surface area (Å²) in [7, 11) is 1.57. The molecule has 0 fully saturated rings. The molecule has 0 aromatic heterocycles. The molecule has 0 radical (unpaired) electrons. The van der Waals surface area contributed by atoms with Crippen LogP contribution in [0.15, 0.2) is 12.1 Å². The van der Waals surface area contributed by atoms with Crippen LogP contribution in [0.25, 0.3) is 0 Å². The molecule has 0 aliphatic carbocycles. The summed E-state index contributed by atoms with van der Waals surface area (Å²) in [5, 5.41) is 3.05. The number of nitrogens with zero attached hydrogens (tertiary/aromatic N) is 1.